The van der Waals surface area contributed by atoms with Crippen molar-refractivity contribution in [3.63, 3.8) is 0 Å². The molecule has 1 fully saturated rings. The van der Waals surface area contributed by atoms with E-state index in [2.05, 4.69) is 22.8 Å². The molecule has 4 nitrogen and oxygen atoms in total. The SMILES string of the molecule is CC(C)(C)NC(=O)[C@@H]1[C@H](C(=O)NC(C)(C)C)[C@@H]2C=C[C@H]1CC2. The van der Waals surface area contributed by atoms with Crippen LogP contribution in [-0.2, 0) is 9.59 Å². The van der Waals surface area contributed by atoms with Crippen LogP contribution in [0.15, 0.2) is 12.2 Å². The molecule has 22 heavy (non-hydrogen) atoms. The largest absolute Gasteiger partial charge is 0.351 e. The Kier molecular flexibility index (Phi) is 4.42. The van der Waals surface area contributed by atoms with E-state index in [4.69, 9.17) is 0 Å². The summed E-state index contributed by atoms with van der Waals surface area (Å²) < 4.78 is 0. The highest BCUT2D eigenvalue weighted by atomic mass is 16.2. The first kappa shape index (κ1) is 17.0. The molecule has 0 aromatic heterocycles. The molecule has 4 atom stereocenters. The van der Waals surface area contributed by atoms with Crippen molar-refractivity contribution >= 4 is 11.8 Å². The molecule has 2 bridgehead atoms. The van der Waals surface area contributed by atoms with Crippen molar-refractivity contribution in [2.75, 3.05) is 0 Å². The zero-order chi connectivity index (χ0) is 16.7. The van der Waals surface area contributed by atoms with Gasteiger partial charge in [0, 0.05) is 11.1 Å². The van der Waals surface area contributed by atoms with Gasteiger partial charge in [0.15, 0.2) is 0 Å². The second kappa shape index (κ2) is 5.71. The van der Waals surface area contributed by atoms with Gasteiger partial charge in [0.25, 0.3) is 0 Å². The van der Waals surface area contributed by atoms with E-state index in [1.165, 1.54) is 0 Å². The van der Waals surface area contributed by atoms with Crippen LogP contribution in [0.5, 0.6) is 0 Å². The van der Waals surface area contributed by atoms with E-state index < -0.39 is 0 Å². The van der Waals surface area contributed by atoms with Gasteiger partial charge in [0.05, 0.1) is 11.8 Å². The van der Waals surface area contributed by atoms with Crippen molar-refractivity contribution in [2.24, 2.45) is 23.7 Å². The maximum absolute atomic E-state index is 12.8. The molecule has 2 N–H and O–H groups in total. The number of nitrogens with one attached hydrogen (secondary N) is 2. The average Bonchev–Trinajstić information content (AvgIpc) is 2.34. The lowest BCUT2D eigenvalue weighted by molar-refractivity contribution is -0.142. The molecule has 4 heteroatoms. The molecule has 0 spiro atoms. The topological polar surface area (TPSA) is 58.2 Å². The fourth-order valence-corrected chi connectivity index (χ4v) is 3.61. The highest BCUT2D eigenvalue weighted by Gasteiger charge is 2.48. The second-order valence-electron chi connectivity index (χ2n) is 8.82. The number of hydrogen-bond donors (Lipinski definition) is 2. The van der Waals surface area contributed by atoms with Crippen molar-refractivity contribution in [2.45, 2.75) is 65.5 Å². The van der Waals surface area contributed by atoms with Gasteiger partial charge in [-0.15, -0.1) is 0 Å². The van der Waals surface area contributed by atoms with Gasteiger partial charge in [0.1, 0.15) is 0 Å². The summed E-state index contributed by atoms with van der Waals surface area (Å²) in [5.74, 6) is -0.0944. The van der Waals surface area contributed by atoms with Crippen LogP contribution in [-0.4, -0.2) is 22.9 Å². The molecule has 0 heterocycles. The summed E-state index contributed by atoms with van der Waals surface area (Å²) in [5, 5.41) is 6.14. The van der Waals surface area contributed by atoms with Gasteiger partial charge in [0.2, 0.25) is 11.8 Å². The number of rotatable bonds is 2. The smallest absolute Gasteiger partial charge is 0.224 e. The van der Waals surface area contributed by atoms with E-state index in [1.54, 1.807) is 0 Å². The minimum atomic E-state index is -0.275. The number of carbonyl (C=O) groups excluding carboxylic acids is 2. The molecule has 1 saturated carbocycles. The minimum absolute atomic E-state index is 0.0145. The number of allylic oxidation sites excluding steroid dienone is 2. The molecule has 0 radical (unpaired) electrons. The summed E-state index contributed by atoms with van der Waals surface area (Å²) in [7, 11) is 0. The zero-order valence-electron chi connectivity index (χ0n) is 14.7. The number of hydrogen-bond acceptors (Lipinski definition) is 2. The summed E-state index contributed by atoms with van der Waals surface area (Å²) >= 11 is 0. The normalized spacial score (nSPS) is 31.0. The highest BCUT2D eigenvalue weighted by Crippen LogP contribution is 2.45. The minimum Gasteiger partial charge on any atom is -0.351 e. The Morgan fingerprint density at radius 1 is 0.773 bits per heavy atom. The van der Waals surface area contributed by atoms with Gasteiger partial charge in [-0.3, -0.25) is 9.59 Å². The second-order valence-corrected chi connectivity index (χ2v) is 8.82. The van der Waals surface area contributed by atoms with E-state index in [9.17, 15) is 9.59 Å². The van der Waals surface area contributed by atoms with Crippen LogP contribution in [0.3, 0.4) is 0 Å². The zero-order valence-corrected chi connectivity index (χ0v) is 14.7. The fraction of sp³-hybridized carbons (Fsp3) is 0.778. The highest BCUT2D eigenvalue weighted by molar-refractivity contribution is 5.89. The van der Waals surface area contributed by atoms with Gasteiger partial charge in [-0.25, -0.2) is 0 Å². The summed E-state index contributed by atoms with van der Waals surface area (Å²) in [6.07, 6.45) is 6.29. The summed E-state index contributed by atoms with van der Waals surface area (Å²) in [4.78, 5) is 25.5. The molecule has 0 unspecified atom stereocenters. The molecule has 0 aromatic carbocycles. The third kappa shape index (κ3) is 3.90. The Morgan fingerprint density at radius 2 is 1.09 bits per heavy atom. The first-order valence-corrected chi connectivity index (χ1v) is 8.30. The standard InChI is InChI=1S/C18H30N2O2/c1-17(2,3)19-15(21)13-11-7-9-12(10-8-11)14(13)16(22)20-18(4,5)6/h7,9,11-14H,8,10H2,1-6H3,(H,19,21)(H,20,22)/t11-,12+,13-,14+. The van der Waals surface area contributed by atoms with Crippen LogP contribution in [0.4, 0.5) is 0 Å². The van der Waals surface area contributed by atoms with E-state index in [0.717, 1.165) is 12.8 Å². The van der Waals surface area contributed by atoms with Crippen LogP contribution in [0.2, 0.25) is 0 Å². The van der Waals surface area contributed by atoms with Crippen LogP contribution in [0, 0.1) is 23.7 Å². The van der Waals surface area contributed by atoms with Crippen molar-refractivity contribution in [3.05, 3.63) is 12.2 Å². The lowest BCUT2D eigenvalue weighted by atomic mass is 9.61. The molecule has 0 aromatic rings. The maximum atomic E-state index is 12.8. The molecule has 0 saturated heterocycles. The van der Waals surface area contributed by atoms with E-state index in [1.807, 2.05) is 41.5 Å². The monoisotopic (exact) mass is 306 g/mol. The van der Waals surface area contributed by atoms with E-state index >= 15 is 0 Å². The predicted octanol–water partition coefficient (Wildman–Crippen LogP) is 2.64. The van der Waals surface area contributed by atoms with Crippen LogP contribution in [0.1, 0.15) is 54.4 Å². The first-order valence-electron chi connectivity index (χ1n) is 8.30. The summed E-state index contributed by atoms with van der Waals surface area (Å²) in [6.45, 7) is 11.9. The first-order chi connectivity index (χ1) is 9.98. The number of carbonyl (C=O) groups is 2. The third-order valence-electron chi connectivity index (χ3n) is 4.35. The third-order valence-corrected chi connectivity index (χ3v) is 4.35. The summed E-state index contributed by atoms with van der Waals surface area (Å²) in [6, 6.07) is 0. The Balaban J connectivity index is 2.23. The molecule has 3 rings (SSSR count). The van der Waals surface area contributed by atoms with Crippen molar-refractivity contribution < 1.29 is 9.59 Å². The van der Waals surface area contributed by atoms with Gasteiger partial charge < -0.3 is 10.6 Å². The van der Waals surface area contributed by atoms with Crippen LogP contribution in [0.25, 0.3) is 0 Å². The Hall–Kier alpha value is -1.32. The quantitative estimate of drug-likeness (QED) is 0.771. The van der Waals surface area contributed by atoms with Gasteiger partial charge in [-0.05, 0) is 66.2 Å². The van der Waals surface area contributed by atoms with Crippen molar-refractivity contribution in [3.8, 4) is 0 Å². The maximum Gasteiger partial charge on any atom is 0.224 e. The lowest BCUT2D eigenvalue weighted by Gasteiger charge is -2.44. The Bertz CT molecular complexity index is 438. The van der Waals surface area contributed by atoms with E-state index in [-0.39, 0.29) is 46.6 Å². The molecule has 124 valence electrons. The Labute approximate surface area is 134 Å². The van der Waals surface area contributed by atoms with Crippen LogP contribution < -0.4 is 10.6 Å². The molecule has 3 aliphatic carbocycles. The fourth-order valence-electron chi connectivity index (χ4n) is 3.61. The summed E-state index contributed by atoms with van der Waals surface area (Å²) in [5.41, 5.74) is -0.551. The molecule has 2 amide bonds. The molecular weight excluding hydrogens is 276 g/mol. The van der Waals surface area contributed by atoms with Crippen molar-refractivity contribution in [1.29, 1.82) is 0 Å². The number of fused-ring (bicyclic) bond motifs is 2. The predicted molar refractivity (Wildman–Crippen MR) is 88.1 cm³/mol. The molecule has 0 aliphatic heterocycles. The average molecular weight is 306 g/mol. The lowest BCUT2D eigenvalue weighted by Crippen LogP contribution is -2.56. The van der Waals surface area contributed by atoms with Gasteiger partial charge in [-0.1, -0.05) is 12.2 Å². The van der Waals surface area contributed by atoms with Gasteiger partial charge in [-0.2, -0.15) is 0 Å². The van der Waals surface area contributed by atoms with Crippen molar-refractivity contribution in [1.82, 2.24) is 10.6 Å². The van der Waals surface area contributed by atoms with Crippen LogP contribution >= 0.6 is 0 Å². The molecular formula is C18H30N2O2. The number of amides is 2. The molecule has 3 aliphatic rings. The van der Waals surface area contributed by atoms with E-state index in [0.29, 0.717) is 0 Å². The Morgan fingerprint density at radius 3 is 1.32 bits per heavy atom. The van der Waals surface area contributed by atoms with Gasteiger partial charge >= 0.3 is 0 Å².